The largest absolute Gasteiger partial charge is 0.454 e. The maximum atomic E-state index is 11.9. The van der Waals surface area contributed by atoms with Crippen molar-refractivity contribution < 1.29 is 18.7 Å². The van der Waals surface area contributed by atoms with Crippen LogP contribution in [0.15, 0.2) is 45.5 Å². The van der Waals surface area contributed by atoms with Crippen molar-refractivity contribution in [2.75, 3.05) is 6.61 Å². The van der Waals surface area contributed by atoms with E-state index in [1.807, 2.05) is 0 Å². The Morgan fingerprint density at radius 2 is 2.00 bits per heavy atom. The molecule has 2 rings (SSSR count). The molecule has 0 bridgehead atoms. The van der Waals surface area contributed by atoms with Gasteiger partial charge in [-0.05, 0) is 52.3 Å². The van der Waals surface area contributed by atoms with Gasteiger partial charge in [-0.25, -0.2) is 4.79 Å². The minimum absolute atomic E-state index is 0.213. The molecule has 4 nitrogen and oxygen atoms in total. The number of Topliss-reactive ketones (excluding diaryl/α,β-unsaturated/α-hetero) is 1. The summed E-state index contributed by atoms with van der Waals surface area (Å²) in [7, 11) is 0. The van der Waals surface area contributed by atoms with Crippen LogP contribution >= 0.6 is 39.1 Å². The van der Waals surface area contributed by atoms with Crippen molar-refractivity contribution in [2.45, 2.75) is 0 Å². The quantitative estimate of drug-likeness (QED) is 0.409. The Hall–Kier alpha value is -1.56. The number of esters is 1. The topological polar surface area (TPSA) is 56.5 Å². The highest BCUT2D eigenvalue weighted by Crippen LogP contribution is 2.21. The molecule has 0 aliphatic carbocycles. The van der Waals surface area contributed by atoms with E-state index in [0.29, 0.717) is 15.5 Å². The summed E-state index contributed by atoms with van der Waals surface area (Å²) in [5, 5.41) is 0.635. The number of ether oxygens (including phenoxy) is 1. The summed E-state index contributed by atoms with van der Waals surface area (Å²) in [6.07, 6.45) is 2.61. The first-order valence-electron chi connectivity index (χ1n) is 6.04. The van der Waals surface area contributed by atoms with E-state index in [0.717, 1.165) is 0 Å². The van der Waals surface area contributed by atoms with Crippen LogP contribution in [0.4, 0.5) is 0 Å². The van der Waals surface area contributed by atoms with Crippen LogP contribution in [-0.4, -0.2) is 18.4 Å². The maximum absolute atomic E-state index is 11.9. The molecule has 0 fully saturated rings. The van der Waals surface area contributed by atoms with Crippen LogP contribution in [0.5, 0.6) is 0 Å². The number of halogens is 3. The highest BCUT2D eigenvalue weighted by Gasteiger charge is 2.12. The Morgan fingerprint density at radius 3 is 2.64 bits per heavy atom. The Labute approximate surface area is 144 Å². The first kappa shape index (κ1) is 16.8. The van der Waals surface area contributed by atoms with Crippen molar-refractivity contribution in [3.05, 3.63) is 62.4 Å². The van der Waals surface area contributed by atoms with Gasteiger partial charge in [0.2, 0.25) is 5.78 Å². The average molecular weight is 404 g/mol. The Kier molecular flexibility index (Phi) is 5.83. The fourth-order valence-corrected chi connectivity index (χ4v) is 2.38. The van der Waals surface area contributed by atoms with Gasteiger partial charge < -0.3 is 9.15 Å². The highest BCUT2D eigenvalue weighted by molar-refractivity contribution is 9.10. The molecule has 0 spiro atoms. The van der Waals surface area contributed by atoms with E-state index in [9.17, 15) is 9.59 Å². The molecule has 1 aromatic heterocycles. The van der Waals surface area contributed by atoms with Gasteiger partial charge in [0.1, 0.15) is 5.76 Å². The van der Waals surface area contributed by atoms with Crippen molar-refractivity contribution in [3.8, 4) is 0 Å². The Bertz CT molecular complexity index is 737. The predicted octanol–water partition coefficient (Wildman–Crippen LogP) is 4.79. The van der Waals surface area contributed by atoms with Crippen LogP contribution in [0.25, 0.3) is 6.08 Å². The molecule has 22 heavy (non-hydrogen) atoms. The van der Waals surface area contributed by atoms with E-state index < -0.39 is 18.4 Å². The van der Waals surface area contributed by atoms with E-state index in [2.05, 4.69) is 15.9 Å². The number of rotatable bonds is 5. The zero-order chi connectivity index (χ0) is 16.1. The standard InChI is InChI=1S/C15H9BrCl2O4/c16-14-5-2-10(22-14)3-6-15(20)21-8-13(19)11-4-1-9(17)7-12(11)18/h1-7H,8H2/b6-3+. The smallest absolute Gasteiger partial charge is 0.331 e. The second-order valence-corrected chi connectivity index (χ2v) is 5.76. The summed E-state index contributed by atoms with van der Waals surface area (Å²) in [6, 6.07) is 7.84. The van der Waals surface area contributed by atoms with Crippen molar-refractivity contribution >= 4 is 57.0 Å². The van der Waals surface area contributed by atoms with Crippen molar-refractivity contribution in [3.63, 3.8) is 0 Å². The molecule has 1 aromatic carbocycles. The summed E-state index contributed by atoms with van der Waals surface area (Å²) >= 11 is 14.8. The summed E-state index contributed by atoms with van der Waals surface area (Å²) in [6.45, 7) is -0.410. The van der Waals surface area contributed by atoms with E-state index in [1.165, 1.54) is 30.4 Å². The second-order valence-electron chi connectivity index (χ2n) is 4.13. The van der Waals surface area contributed by atoms with Crippen LogP contribution in [0.3, 0.4) is 0 Å². The van der Waals surface area contributed by atoms with Crippen molar-refractivity contribution in [1.82, 2.24) is 0 Å². The molecule has 0 saturated heterocycles. The van der Waals surface area contributed by atoms with Gasteiger partial charge in [0.05, 0.1) is 5.02 Å². The van der Waals surface area contributed by atoms with Gasteiger partial charge in [-0.3, -0.25) is 4.79 Å². The maximum Gasteiger partial charge on any atom is 0.331 e. The lowest BCUT2D eigenvalue weighted by atomic mass is 10.1. The van der Waals surface area contributed by atoms with Crippen molar-refractivity contribution in [1.29, 1.82) is 0 Å². The number of ketones is 1. The second kappa shape index (κ2) is 7.63. The predicted molar refractivity (Wildman–Crippen MR) is 87.2 cm³/mol. The van der Waals surface area contributed by atoms with Crippen LogP contribution in [0.1, 0.15) is 16.1 Å². The summed E-state index contributed by atoms with van der Waals surface area (Å²) in [5.41, 5.74) is 0.248. The first-order chi connectivity index (χ1) is 10.5. The van der Waals surface area contributed by atoms with Gasteiger partial charge >= 0.3 is 5.97 Å². The SMILES string of the molecule is O=C(/C=C/c1ccc(Br)o1)OCC(=O)c1ccc(Cl)cc1Cl. The monoisotopic (exact) mass is 402 g/mol. The third-order valence-electron chi connectivity index (χ3n) is 2.55. The minimum Gasteiger partial charge on any atom is -0.454 e. The van der Waals surface area contributed by atoms with Gasteiger partial charge in [0.25, 0.3) is 0 Å². The molecule has 0 aliphatic rings. The molecule has 0 saturated carbocycles. The number of benzene rings is 1. The Morgan fingerprint density at radius 1 is 1.23 bits per heavy atom. The highest BCUT2D eigenvalue weighted by atomic mass is 79.9. The number of carbonyl (C=O) groups is 2. The van der Waals surface area contributed by atoms with E-state index in [-0.39, 0.29) is 10.6 Å². The van der Waals surface area contributed by atoms with Gasteiger partial charge in [0.15, 0.2) is 11.3 Å². The molecule has 0 radical (unpaired) electrons. The number of hydrogen-bond donors (Lipinski definition) is 0. The average Bonchev–Trinajstić information content (AvgIpc) is 2.88. The van der Waals surface area contributed by atoms with Crippen LogP contribution < -0.4 is 0 Å². The number of furan rings is 1. The lowest BCUT2D eigenvalue weighted by molar-refractivity contribution is -0.136. The lowest BCUT2D eigenvalue weighted by Gasteiger charge is -2.04. The van der Waals surface area contributed by atoms with Gasteiger partial charge in [-0.2, -0.15) is 0 Å². The molecule has 1 heterocycles. The molecule has 0 N–H and O–H groups in total. The summed E-state index contributed by atoms with van der Waals surface area (Å²) in [4.78, 5) is 23.4. The lowest BCUT2D eigenvalue weighted by Crippen LogP contribution is -2.12. The number of hydrogen-bond acceptors (Lipinski definition) is 4. The molecule has 0 atom stereocenters. The van der Waals surface area contributed by atoms with E-state index in [1.54, 1.807) is 12.1 Å². The Balaban J connectivity index is 1.90. The zero-order valence-electron chi connectivity index (χ0n) is 11.0. The summed E-state index contributed by atoms with van der Waals surface area (Å²) < 4.78 is 10.6. The van der Waals surface area contributed by atoms with Crippen LogP contribution in [0, 0.1) is 0 Å². The molecular weight excluding hydrogens is 395 g/mol. The van der Waals surface area contributed by atoms with E-state index in [4.69, 9.17) is 32.4 Å². The van der Waals surface area contributed by atoms with Crippen LogP contribution in [0.2, 0.25) is 10.0 Å². The zero-order valence-corrected chi connectivity index (χ0v) is 14.1. The normalized spacial score (nSPS) is 10.9. The fourth-order valence-electron chi connectivity index (χ4n) is 1.55. The fraction of sp³-hybridized carbons (Fsp3) is 0.0667. The molecule has 0 aliphatic heterocycles. The van der Waals surface area contributed by atoms with Gasteiger partial charge in [-0.15, -0.1) is 0 Å². The third kappa shape index (κ3) is 4.73. The number of carbonyl (C=O) groups excluding carboxylic acids is 2. The minimum atomic E-state index is -0.661. The summed E-state index contributed by atoms with van der Waals surface area (Å²) in [5.74, 6) is -0.592. The molecule has 0 amide bonds. The molecule has 2 aromatic rings. The van der Waals surface area contributed by atoms with Gasteiger partial charge in [-0.1, -0.05) is 23.2 Å². The van der Waals surface area contributed by atoms with Gasteiger partial charge in [0, 0.05) is 16.7 Å². The van der Waals surface area contributed by atoms with Crippen molar-refractivity contribution in [2.24, 2.45) is 0 Å². The molecule has 0 unspecified atom stereocenters. The molecule has 7 heteroatoms. The molecular formula is C15H9BrCl2O4. The van der Waals surface area contributed by atoms with E-state index >= 15 is 0 Å². The molecule has 114 valence electrons. The van der Waals surface area contributed by atoms with Crippen LogP contribution in [-0.2, 0) is 9.53 Å². The first-order valence-corrected chi connectivity index (χ1v) is 7.59. The third-order valence-corrected chi connectivity index (χ3v) is 3.53.